The number of sulfonamides is 1. The molecule has 6 nitrogen and oxygen atoms in total. The van der Waals surface area contributed by atoms with E-state index >= 15 is 0 Å². The molecule has 102 valence electrons. The summed E-state index contributed by atoms with van der Waals surface area (Å²) >= 11 is 0. The molecule has 3 N–H and O–H groups in total. The van der Waals surface area contributed by atoms with Crippen LogP contribution in [0.5, 0.6) is 0 Å². The van der Waals surface area contributed by atoms with Gasteiger partial charge in [0, 0.05) is 24.8 Å². The zero-order valence-electron chi connectivity index (χ0n) is 10.8. The van der Waals surface area contributed by atoms with Crippen LogP contribution >= 0.6 is 0 Å². The first-order valence-corrected chi connectivity index (χ1v) is 7.68. The molecule has 1 heterocycles. The Bertz CT molecular complexity index is 531. The van der Waals surface area contributed by atoms with Crippen LogP contribution in [0.2, 0.25) is 0 Å². The molecule has 7 heteroatoms. The first kappa shape index (κ1) is 13.5. The van der Waals surface area contributed by atoms with E-state index in [4.69, 9.17) is 5.73 Å². The van der Waals surface area contributed by atoms with E-state index in [9.17, 15) is 8.42 Å². The number of nitrogens with zero attached hydrogens (tertiary/aromatic N) is 2. The summed E-state index contributed by atoms with van der Waals surface area (Å²) in [5.41, 5.74) is 5.16. The van der Waals surface area contributed by atoms with Gasteiger partial charge >= 0.3 is 0 Å². The fourth-order valence-corrected chi connectivity index (χ4v) is 3.39. The van der Waals surface area contributed by atoms with E-state index in [2.05, 4.69) is 9.71 Å². The summed E-state index contributed by atoms with van der Waals surface area (Å²) in [6.07, 6.45) is 4.14. The van der Waals surface area contributed by atoms with Crippen molar-refractivity contribution in [3.05, 3.63) is 12.0 Å². The number of hydrogen-bond donors (Lipinski definition) is 2. The van der Waals surface area contributed by atoms with Crippen molar-refractivity contribution in [1.29, 1.82) is 0 Å². The van der Waals surface area contributed by atoms with E-state index in [0.29, 0.717) is 6.54 Å². The first-order chi connectivity index (χ1) is 8.42. The maximum atomic E-state index is 12.2. The number of aromatic nitrogens is 2. The quantitative estimate of drug-likeness (QED) is 0.783. The second-order valence-corrected chi connectivity index (χ2v) is 6.54. The van der Waals surface area contributed by atoms with E-state index in [-0.39, 0.29) is 5.03 Å². The van der Waals surface area contributed by atoms with E-state index in [1.165, 1.54) is 0 Å². The van der Waals surface area contributed by atoms with Crippen molar-refractivity contribution in [2.75, 3.05) is 6.54 Å². The van der Waals surface area contributed by atoms with Gasteiger partial charge in [0.2, 0.25) is 0 Å². The molecule has 1 aromatic rings. The molecule has 0 radical (unpaired) electrons. The maximum Gasteiger partial charge on any atom is 0.260 e. The minimum Gasteiger partial charge on any atom is -0.334 e. The fraction of sp³-hybridized carbons (Fsp3) is 0.727. The van der Waals surface area contributed by atoms with E-state index in [1.54, 1.807) is 6.20 Å². The van der Waals surface area contributed by atoms with Gasteiger partial charge in [-0.05, 0) is 26.2 Å². The van der Waals surface area contributed by atoms with Crippen LogP contribution in [0, 0.1) is 6.92 Å². The van der Waals surface area contributed by atoms with Gasteiger partial charge in [-0.1, -0.05) is 6.92 Å². The van der Waals surface area contributed by atoms with E-state index in [1.807, 2.05) is 18.4 Å². The highest BCUT2D eigenvalue weighted by molar-refractivity contribution is 7.89. The Morgan fingerprint density at radius 2 is 2.22 bits per heavy atom. The molecular weight excluding hydrogens is 252 g/mol. The van der Waals surface area contributed by atoms with Crippen LogP contribution < -0.4 is 10.5 Å². The number of imidazole rings is 1. The molecule has 1 aliphatic carbocycles. The fourth-order valence-electron chi connectivity index (χ4n) is 1.91. The van der Waals surface area contributed by atoms with Crippen molar-refractivity contribution in [2.45, 2.75) is 50.2 Å². The molecule has 0 bridgehead atoms. The molecule has 1 aliphatic rings. The Balaban J connectivity index is 2.22. The SMILES string of the molecule is CCCn1cc(S(=O)(=O)NC2(CN)CC2)nc1C. The summed E-state index contributed by atoms with van der Waals surface area (Å²) in [6, 6.07) is 0. The highest BCUT2D eigenvalue weighted by atomic mass is 32.2. The third-order valence-electron chi connectivity index (χ3n) is 3.29. The monoisotopic (exact) mass is 272 g/mol. The summed E-state index contributed by atoms with van der Waals surface area (Å²) in [5, 5.41) is 0.0909. The molecule has 0 amide bonds. The lowest BCUT2D eigenvalue weighted by molar-refractivity contribution is 0.542. The van der Waals surface area contributed by atoms with Crippen molar-refractivity contribution in [2.24, 2.45) is 5.73 Å². The van der Waals surface area contributed by atoms with E-state index in [0.717, 1.165) is 31.6 Å². The number of aryl methyl sites for hydroxylation is 2. The van der Waals surface area contributed by atoms with Crippen molar-refractivity contribution in [3.63, 3.8) is 0 Å². The first-order valence-electron chi connectivity index (χ1n) is 6.20. The van der Waals surface area contributed by atoms with Gasteiger partial charge in [-0.3, -0.25) is 0 Å². The third kappa shape index (κ3) is 2.57. The average molecular weight is 272 g/mol. The second kappa shape index (κ2) is 4.64. The highest BCUT2D eigenvalue weighted by Crippen LogP contribution is 2.35. The van der Waals surface area contributed by atoms with Crippen LogP contribution in [-0.2, 0) is 16.6 Å². The van der Waals surface area contributed by atoms with Gasteiger partial charge in [0.1, 0.15) is 5.82 Å². The van der Waals surface area contributed by atoms with Gasteiger partial charge in [-0.15, -0.1) is 0 Å². The summed E-state index contributed by atoms with van der Waals surface area (Å²) in [4.78, 5) is 4.12. The van der Waals surface area contributed by atoms with E-state index < -0.39 is 15.6 Å². The second-order valence-electron chi connectivity index (χ2n) is 4.91. The average Bonchev–Trinajstić information content (AvgIpc) is 2.97. The Hall–Kier alpha value is -0.920. The Kier molecular flexibility index (Phi) is 3.48. The van der Waals surface area contributed by atoms with Gasteiger partial charge < -0.3 is 10.3 Å². The number of rotatable bonds is 6. The Morgan fingerprint density at radius 1 is 1.56 bits per heavy atom. The normalized spacial score (nSPS) is 17.9. The topological polar surface area (TPSA) is 90.0 Å². The van der Waals surface area contributed by atoms with Gasteiger partial charge in [-0.2, -0.15) is 0 Å². The van der Waals surface area contributed by atoms with Crippen LogP contribution in [0.1, 0.15) is 32.0 Å². The molecule has 0 aliphatic heterocycles. The van der Waals surface area contributed by atoms with Crippen molar-refractivity contribution < 1.29 is 8.42 Å². The maximum absolute atomic E-state index is 12.2. The van der Waals surface area contributed by atoms with Crippen LogP contribution in [0.4, 0.5) is 0 Å². The third-order valence-corrected chi connectivity index (χ3v) is 4.74. The number of nitrogens with one attached hydrogen (secondary N) is 1. The zero-order valence-corrected chi connectivity index (χ0v) is 11.6. The van der Waals surface area contributed by atoms with Gasteiger partial charge in [0.25, 0.3) is 10.0 Å². The molecule has 0 aromatic carbocycles. The van der Waals surface area contributed by atoms with Crippen molar-refractivity contribution >= 4 is 10.0 Å². The van der Waals surface area contributed by atoms with Gasteiger partial charge in [0.05, 0.1) is 0 Å². The van der Waals surface area contributed by atoms with Crippen LogP contribution in [0.25, 0.3) is 0 Å². The molecule has 2 rings (SSSR count). The van der Waals surface area contributed by atoms with Crippen LogP contribution in [0.3, 0.4) is 0 Å². The largest absolute Gasteiger partial charge is 0.334 e. The molecular formula is C11H20N4O2S. The molecule has 0 atom stereocenters. The molecule has 1 saturated carbocycles. The minimum absolute atomic E-state index is 0.0909. The summed E-state index contributed by atoms with van der Waals surface area (Å²) in [7, 11) is -3.55. The lowest BCUT2D eigenvalue weighted by atomic mass is 10.3. The number of hydrogen-bond acceptors (Lipinski definition) is 4. The molecule has 18 heavy (non-hydrogen) atoms. The standard InChI is InChI=1S/C11H20N4O2S/c1-3-6-15-7-10(13-9(15)2)18(16,17)14-11(8-12)4-5-11/h7,14H,3-6,8,12H2,1-2H3. The zero-order chi connectivity index (χ0) is 13.4. The van der Waals surface area contributed by atoms with Gasteiger partial charge in [0.15, 0.2) is 5.03 Å². The Labute approximate surface area is 108 Å². The number of nitrogens with two attached hydrogens (primary N) is 1. The summed E-state index contributed by atoms with van der Waals surface area (Å²) in [6.45, 7) is 4.96. The van der Waals surface area contributed by atoms with Crippen molar-refractivity contribution in [1.82, 2.24) is 14.3 Å². The predicted molar refractivity (Wildman–Crippen MR) is 68.6 cm³/mol. The lowest BCUT2D eigenvalue weighted by Gasteiger charge is -2.13. The molecule has 1 fully saturated rings. The Morgan fingerprint density at radius 3 is 2.72 bits per heavy atom. The van der Waals surface area contributed by atoms with Gasteiger partial charge in [-0.25, -0.2) is 18.1 Å². The van der Waals surface area contributed by atoms with Crippen LogP contribution in [0.15, 0.2) is 11.2 Å². The predicted octanol–water partition coefficient (Wildman–Crippen LogP) is 0.371. The highest BCUT2D eigenvalue weighted by Gasteiger charge is 2.45. The summed E-state index contributed by atoms with van der Waals surface area (Å²) in [5.74, 6) is 0.717. The summed E-state index contributed by atoms with van der Waals surface area (Å²) < 4.78 is 28.9. The lowest BCUT2D eigenvalue weighted by Crippen LogP contribution is -2.42. The molecule has 0 spiro atoms. The van der Waals surface area contributed by atoms with Crippen LogP contribution in [-0.4, -0.2) is 30.1 Å². The molecule has 1 aromatic heterocycles. The van der Waals surface area contributed by atoms with Crippen molar-refractivity contribution in [3.8, 4) is 0 Å². The molecule has 0 saturated heterocycles. The molecule has 0 unspecified atom stereocenters. The minimum atomic E-state index is -3.55. The smallest absolute Gasteiger partial charge is 0.260 e.